The van der Waals surface area contributed by atoms with Crippen LogP contribution in [-0.2, 0) is 24.1 Å². The maximum atomic E-state index is 12.0. The van der Waals surface area contributed by atoms with E-state index < -0.39 is 20.4 Å². The van der Waals surface area contributed by atoms with Crippen LogP contribution in [0.2, 0.25) is 0 Å². The molecule has 0 amide bonds. The summed E-state index contributed by atoms with van der Waals surface area (Å²) in [5.41, 5.74) is 0.792. The van der Waals surface area contributed by atoms with Gasteiger partial charge < -0.3 is 4.90 Å². The van der Waals surface area contributed by atoms with E-state index >= 15 is 0 Å². The summed E-state index contributed by atoms with van der Waals surface area (Å²) in [4.78, 5) is 1.57. The number of hydrogen-bond acceptors (Lipinski definition) is 6. The number of rotatable bonds is 4. The van der Waals surface area contributed by atoms with Crippen molar-refractivity contribution in [3.8, 4) is 0 Å². The number of anilines is 1. The summed E-state index contributed by atoms with van der Waals surface area (Å²) < 4.78 is 49.9. The van der Waals surface area contributed by atoms with Crippen LogP contribution in [0, 0.1) is 0 Å². The fraction of sp³-hybridized carbons (Fsp3) is 0.167. The third-order valence-corrected chi connectivity index (χ3v) is 5.16. The first kappa shape index (κ1) is 15.7. The Bertz CT molecular complexity index is 889. The molecule has 0 heterocycles. The second-order valence-electron chi connectivity index (χ2n) is 4.54. The van der Waals surface area contributed by atoms with Crippen molar-refractivity contribution in [2.75, 3.05) is 19.0 Å². The molecule has 0 aliphatic rings. The third kappa shape index (κ3) is 3.32. The molecule has 0 aliphatic carbocycles. The molecule has 0 spiro atoms. The SMILES string of the molecule is CN(C)c1cccc2c(S(=O)(=O)OS(N)(=O)=O)cccc12. The maximum Gasteiger partial charge on any atom is 0.348 e. The molecule has 0 aliphatic heterocycles. The number of fused-ring (bicyclic) bond motifs is 1. The summed E-state index contributed by atoms with van der Waals surface area (Å²) >= 11 is 0. The molecule has 2 rings (SSSR count). The molecule has 0 bridgehead atoms. The van der Waals surface area contributed by atoms with Crippen molar-refractivity contribution < 1.29 is 20.5 Å². The highest BCUT2D eigenvalue weighted by atomic mass is 32.3. The lowest BCUT2D eigenvalue weighted by molar-refractivity contribution is 0.463. The van der Waals surface area contributed by atoms with Gasteiger partial charge in [-0.1, -0.05) is 24.3 Å². The number of nitrogens with zero attached hydrogens (tertiary/aromatic N) is 1. The van der Waals surface area contributed by atoms with Crippen molar-refractivity contribution in [1.29, 1.82) is 0 Å². The van der Waals surface area contributed by atoms with Gasteiger partial charge in [-0.2, -0.15) is 16.8 Å². The molecule has 2 N–H and O–H groups in total. The monoisotopic (exact) mass is 330 g/mol. The molecule has 9 heteroatoms. The van der Waals surface area contributed by atoms with Gasteiger partial charge in [-0.05, 0) is 12.1 Å². The second-order valence-corrected chi connectivity index (χ2v) is 7.42. The minimum atomic E-state index is -4.62. The Labute approximate surface area is 123 Å². The molecule has 114 valence electrons. The van der Waals surface area contributed by atoms with Crippen LogP contribution in [-0.4, -0.2) is 30.9 Å². The zero-order chi connectivity index (χ0) is 15.8. The van der Waals surface area contributed by atoms with E-state index in [-0.39, 0.29) is 4.90 Å². The number of benzene rings is 2. The van der Waals surface area contributed by atoms with Gasteiger partial charge in [0.05, 0.1) is 0 Å². The van der Waals surface area contributed by atoms with Gasteiger partial charge in [0.1, 0.15) is 4.90 Å². The highest BCUT2D eigenvalue weighted by Gasteiger charge is 2.24. The van der Waals surface area contributed by atoms with E-state index in [4.69, 9.17) is 0 Å². The van der Waals surface area contributed by atoms with Gasteiger partial charge in [-0.3, -0.25) is 0 Å². The van der Waals surface area contributed by atoms with Crippen LogP contribution in [0.3, 0.4) is 0 Å². The van der Waals surface area contributed by atoms with Crippen molar-refractivity contribution in [2.45, 2.75) is 4.90 Å². The Morgan fingerprint density at radius 2 is 1.52 bits per heavy atom. The standard InChI is InChI=1S/C12H14N2O5S2/c1-14(2)11-7-3-6-10-9(11)5-4-8-12(10)20(15,16)19-21(13,17)18/h3-8H,1-2H3,(H2,13,17,18). The van der Waals surface area contributed by atoms with Crippen molar-refractivity contribution in [3.63, 3.8) is 0 Å². The highest BCUT2D eigenvalue weighted by molar-refractivity contribution is 7.99. The molecule has 0 aromatic heterocycles. The largest absolute Gasteiger partial charge is 0.377 e. The molecule has 21 heavy (non-hydrogen) atoms. The van der Waals surface area contributed by atoms with E-state index in [0.717, 1.165) is 5.69 Å². The van der Waals surface area contributed by atoms with E-state index in [0.29, 0.717) is 10.8 Å². The molecule has 0 saturated heterocycles. The lowest BCUT2D eigenvalue weighted by Gasteiger charge is -2.16. The summed E-state index contributed by atoms with van der Waals surface area (Å²) in [7, 11) is -5.51. The van der Waals surface area contributed by atoms with Gasteiger partial charge >= 0.3 is 20.4 Å². The first-order valence-electron chi connectivity index (χ1n) is 5.80. The lowest BCUT2D eigenvalue weighted by Crippen LogP contribution is -2.21. The van der Waals surface area contributed by atoms with E-state index in [1.807, 2.05) is 25.1 Å². The minimum absolute atomic E-state index is 0.252. The fourth-order valence-electron chi connectivity index (χ4n) is 2.03. The Morgan fingerprint density at radius 3 is 2.10 bits per heavy atom. The van der Waals surface area contributed by atoms with Gasteiger partial charge in [0.25, 0.3) is 0 Å². The molecular weight excluding hydrogens is 316 g/mol. The smallest absolute Gasteiger partial charge is 0.348 e. The summed E-state index contributed by atoms with van der Waals surface area (Å²) in [6.07, 6.45) is 0. The van der Waals surface area contributed by atoms with Crippen LogP contribution in [0.25, 0.3) is 10.8 Å². The molecule has 0 radical (unpaired) electrons. The van der Waals surface area contributed by atoms with Gasteiger partial charge in [0.2, 0.25) is 0 Å². The molecule has 0 saturated carbocycles. The molecule has 0 unspecified atom stereocenters. The highest BCUT2D eigenvalue weighted by Crippen LogP contribution is 2.31. The Hall–Kier alpha value is -1.68. The zero-order valence-corrected chi connectivity index (χ0v) is 13.0. The van der Waals surface area contributed by atoms with Crippen LogP contribution < -0.4 is 10.0 Å². The van der Waals surface area contributed by atoms with Crippen LogP contribution in [0.1, 0.15) is 0 Å². The molecule has 0 fully saturated rings. The van der Waals surface area contributed by atoms with Crippen LogP contribution in [0.15, 0.2) is 41.3 Å². The molecule has 2 aromatic rings. The van der Waals surface area contributed by atoms with Crippen molar-refractivity contribution >= 4 is 36.9 Å². The van der Waals surface area contributed by atoms with Crippen LogP contribution in [0.5, 0.6) is 0 Å². The van der Waals surface area contributed by atoms with Crippen molar-refractivity contribution in [2.24, 2.45) is 5.14 Å². The summed E-state index contributed by atoms with van der Waals surface area (Å²) in [5, 5.41) is 5.65. The van der Waals surface area contributed by atoms with Gasteiger partial charge in [-0.15, -0.1) is 3.63 Å². The Kier molecular flexibility index (Phi) is 3.93. The molecule has 0 atom stereocenters. The van der Waals surface area contributed by atoms with Crippen LogP contribution in [0.4, 0.5) is 5.69 Å². The Balaban J connectivity index is 2.75. The first-order valence-corrected chi connectivity index (χ1v) is 8.68. The zero-order valence-electron chi connectivity index (χ0n) is 11.3. The lowest BCUT2D eigenvalue weighted by atomic mass is 10.1. The maximum absolute atomic E-state index is 12.0. The Morgan fingerprint density at radius 1 is 0.952 bits per heavy atom. The topological polar surface area (TPSA) is 107 Å². The molecular formula is C12H14N2O5S2. The van der Waals surface area contributed by atoms with E-state index in [9.17, 15) is 16.8 Å². The van der Waals surface area contributed by atoms with E-state index in [1.54, 1.807) is 18.2 Å². The van der Waals surface area contributed by atoms with Gasteiger partial charge in [0, 0.05) is 30.6 Å². The number of nitrogens with two attached hydrogens (primary N) is 1. The first-order chi connectivity index (χ1) is 9.62. The van der Waals surface area contributed by atoms with Gasteiger partial charge in [0.15, 0.2) is 0 Å². The fourth-order valence-corrected chi connectivity index (χ4v) is 4.02. The predicted molar refractivity (Wildman–Crippen MR) is 79.7 cm³/mol. The van der Waals surface area contributed by atoms with Gasteiger partial charge in [-0.25, -0.2) is 5.14 Å². The summed E-state index contributed by atoms with van der Waals surface area (Å²) in [6, 6.07) is 9.58. The second kappa shape index (κ2) is 5.26. The van der Waals surface area contributed by atoms with E-state index in [1.165, 1.54) is 12.1 Å². The van der Waals surface area contributed by atoms with Crippen molar-refractivity contribution in [3.05, 3.63) is 36.4 Å². The normalized spacial score (nSPS) is 12.5. The molecule has 7 nitrogen and oxygen atoms in total. The quantitative estimate of drug-likeness (QED) is 0.889. The minimum Gasteiger partial charge on any atom is -0.377 e. The van der Waals surface area contributed by atoms with Crippen LogP contribution >= 0.6 is 0 Å². The average molecular weight is 330 g/mol. The third-order valence-electron chi connectivity index (χ3n) is 2.79. The average Bonchev–Trinajstić information content (AvgIpc) is 2.34. The number of hydrogen-bond donors (Lipinski definition) is 1. The predicted octanol–water partition coefficient (Wildman–Crippen LogP) is 0.815. The van der Waals surface area contributed by atoms with E-state index in [2.05, 4.69) is 8.77 Å². The summed E-state index contributed by atoms with van der Waals surface area (Å²) in [5.74, 6) is 0. The van der Waals surface area contributed by atoms with Crippen molar-refractivity contribution in [1.82, 2.24) is 0 Å². The molecule has 2 aromatic carbocycles. The summed E-state index contributed by atoms with van der Waals surface area (Å²) in [6.45, 7) is 0.